The van der Waals surface area contributed by atoms with Crippen LogP contribution in [-0.4, -0.2) is 11.2 Å². The topological polar surface area (TPSA) is 26.3 Å². The first-order valence-corrected chi connectivity index (χ1v) is 2.78. The molecule has 0 bridgehead atoms. The van der Waals surface area contributed by atoms with Crippen LogP contribution in [0.1, 0.15) is 6.42 Å². The fourth-order valence-corrected chi connectivity index (χ4v) is 0.710. The molecule has 1 atom stereocenters. The lowest BCUT2D eigenvalue weighted by Gasteiger charge is -2.01. The Bertz CT molecular complexity index is 122. The van der Waals surface area contributed by atoms with Gasteiger partial charge in [-0.05, 0) is 6.08 Å². The highest BCUT2D eigenvalue weighted by atomic mass is 32.1. The molecular formula is C5H6O2S. The third kappa shape index (κ3) is 1.04. The van der Waals surface area contributed by atoms with Gasteiger partial charge < -0.3 is 4.74 Å². The smallest absolute Gasteiger partial charge is 0.226 e. The first-order chi connectivity index (χ1) is 3.80. The van der Waals surface area contributed by atoms with Crippen LogP contribution in [0.4, 0.5) is 0 Å². The Labute approximate surface area is 52.9 Å². The maximum Gasteiger partial charge on any atom is 0.226 e. The molecule has 0 aromatic rings. The quantitative estimate of drug-likeness (QED) is 0.530. The molecule has 2 nitrogen and oxygen atoms in total. The number of thiol groups is 1. The van der Waals surface area contributed by atoms with E-state index in [0.717, 1.165) is 0 Å². The molecule has 0 spiro atoms. The lowest BCUT2D eigenvalue weighted by Crippen LogP contribution is -2.12. The van der Waals surface area contributed by atoms with E-state index >= 15 is 0 Å². The Morgan fingerprint density at radius 2 is 2.62 bits per heavy atom. The van der Waals surface area contributed by atoms with E-state index in [4.69, 9.17) is 4.74 Å². The number of rotatable bonds is 1. The number of hydrogen-bond donors (Lipinski definition) is 1. The molecule has 0 aromatic heterocycles. The second-order valence-corrected chi connectivity index (χ2v) is 2.01. The summed E-state index contributed by atoms with van der Waals surface area (Å²) in [6.07, 6.45) is 3.68. The van der Waals surface area contributed by atoms with Crippen molar-refractivity contribution in [1.82, 2.24) is 0 Å². The second-order valence-electron chi connectivity index (χ2n) is 1.57. The second kappa shape index (κ2) is 2.22. The minimum Gasteiger partial charge on any atom is -0.489 e. The first-order valence-electron chi connectivity index (χ1n) is 2.34. The Morgan fingerprint density at radius 3 is 2.88 bits per heavy atom. The summed E-state index contributed by atoms with van der Waals surface area (Å²) in [5.41, 5.74) is 0. The highest BCUT2D eigenvalue weighted by molar-refractivity contribution is 7.96. The van der Waals surface area contributed by atoms with Crippen molar-refractivity contribution in [2.45, 2.75) is 12.5 Å². The SMILES string of the molecule is O=C(S)C1CC=CO1. The van der Waals surface area contributed by atoms with Gasteiger partial charge in [0.25, 0.3) is 0 Å². The fourth-order valence-electron chi connectivity index (χ4n) is 0.544. The minimum atomic E-state index is -0.321. The number of carbonyl (C=O) groups excluding carboxylic acids is 1. The predicted molar refractivity (Wildman–Crippen MR) is 32.6 cm³/mol. The van der Waals surface area contributed by atoms with Gasteiger partial charge in [-0.25, -0.2) is 0 Å². The molecule has 0 N–H and O–H groups in total. The maximum absolute atomic E-state index is 10.3. The summed E-state index contributed by atoms with van der Waals surface area (Å²) in [4.78, 5) is 10.3. The van der Waals surface area contributed by atoms with Crippen LogP contribution in [0, 0.1) is 0 Å². The molecule has 1 rings (SSSR count). The molecule has 0 radical (unpaired) electrons. The Balaban J connectivity index is 2.41. The third-order valence-electron chi connectivity index (χ3n) is 0.965. The number of carbonyl (C=O) groups is 1. The van der Waals surface area contributed by atoms with Crippen LogP contribution >= 0.6 is 12.6 Å². The van der Waals surface area contributed by atoms with Gasteiger partial charge in [0.15, 0.2) is 6.10 Å². The van der Waals surface area contributed by atoms with E-state index in [1.807, 2.05) is 0 Å². The van der Waals surface area contributed by atoms with Crippen LogP contribution in [0.2, 0.25) is 0 Å². The Morgan fingerprint density at radius 1 is 1.88 bits per heavy atom. The molecule has 1 aliphatic heterocycles. The maximum atomic E-state index is 10.3. The normalized spacial score (nSPS) is 25.4. The summed E-state index contributed by atoms with van der Waals surface area (Å²) in [5.74, 6) is 0. The zero-order valence-corrected chi connectivity index (χ0v) is 5.10. The van der Waals surface area contributed by atoms with Gasteiger partial charge in [-0.3, -0.25) is 4.79 Å². The van der Waals surface area contributed by atoms with Crippen molar-refractivity contribution in [1.29, 1.82) is 0 Å². The fraction of sp³-hybridized carbons (Fsp3) is 0.400. The molecule has 1 aliphatic rings. The van der Waals surface area contributed by atoms with E-state index in [2.05, 4.69) is 12.6 Å². The van der Waals surface area contributed by atoms with Gasteiger partial charge in [-0.1, -0.05) is 0 Å². The van der Waals surface area contributed by atoms with Gasteiger partial charge in [0.05, 0.1) is 6.26 Å². The van der Waals surface area contributed by atoms with Crippen LogP contribution in [-0.2, 0) is 9.53 Å². The summed E-state index contributed by atoms with van der Waals surface area (Å²) in [6.45, 7) is 0. The zero-order chi connectivity index (χ0) is 5.98. The van der Waals surface area contributed by atoms with Gasteiger partial charge >= 0.3 is 0 Å². The van der Waals surface area contributed by atoms with E-state index < -0.39 is 0 Å². The van der Waals surface area contributed by atoms with Crippen LogP contribution in [0.25, 0.3) is 0 Å². The number of ether oxygens (including phenoxy) is 1. The van der Waals surface area contributed by atoms with Crippen LogP contribution in [0.5, 0.6) is 0 Å². The standard InChI is InChI=1S/C5H6O2S/c6-5(8)4-2-1-3-7-4/h1,3-4H,2H2,(H,6,8). The van der Waals surface area contributed by atoms with Crippen molar-refractivity contribution in [3.8, 4) is 0 Å². The van der Waals surface area contributed by atoms with E-state index in [1.54, 1.807) is 6.08 Å². The van der Waals surface area contributed by atoms with E-state index in [9.17, 15) is 4.79 Å². The van der Waals surface area contributed by atoms with Crippen molar-refractivity contribution >= 4 is 17.7 Å². The summed E-state index contributed by atoms with van der Waals surface area (Å²) >= 11 is 3.59. The van der Waals surface area contributed by atoms with Crippen LogP contribution < -0.4 is 0 Å². The Kier molecular flexibility index (Phi) is 1.58. The van der Waals surface area contributed by atoms with Crippen LogP contribution in [0.3, 0.4) is 0 Å². The first kappa shape index (κ1) is 5.69. The summed E-state index contributed by atoms with van der Waals surface area (Å²) in [6, 6.07) is 0. The molecule has 0 aromatic carbocycles. The summed E-state index contributed by atoms with van der Waals surface area (Å²) in [5, 5.41) is -0.199. The largest absolute Gasteiger partial charge is 0.489 e. The molecule has 0 aliphatic carbocycles. The van der Waals surface area contributed by atoms with Crippen molar-refractivity contribution < 1.29 is 9.53 Å². The molecule has 0 fully saturated rings. The van der Waals surface area contributed by atoms with Crippen molar-refractivity contribution in [2.75, 3.05) is 0 Å². The van der Waals surface area contributed by atoms with Crippen molar-refractivity contribution in [2.24, 2.45) is 0 Å². The van der Waals surface area contributed by atoms with Gasteiger partial charge in [-0.2, -0.15) is 0 Å². The average molecular weight is 130 g/mol. The lowest BCUT2D eigenvalue weighted by molar-refractivity contribution is -0.117. The zero-order valence-electron chi connectivity index (χ0n) is 4.20. The molecule has 3 heteroatoms. The monoisotopic (exact) mass is 130 g/mol. The van der Waals surface area contributed by atoms with Crippen molar-refractivity contribution in [3.05, 3.63) is 12.3 Å². The van der Waals surface area contributed by atoms with Crippen molar-refractivity contribution in [3.63, 3.8) is 0 Å². The van der Waals surface area contributed by atoms with E-state index in [0.29, 0.717) is 6.42 Å². The molecule has 0 amide bonds. The summed E-state index contributed by atoms with van der Waals surface area (Å²) in [7, 11) is 0. The molecule has 0 saturated carbocycles. The molecule has 0 saturated heterocycles. The molecule has 1 heterocycles. The van der Waals surface area contributed by atoms with Gasteiger partial charge in [0.2, 0.25) is 5.12 Å². The highest BCUT2D eigenvalue weighted by Crippen LogP contribution is 2.10. The van der Waals surface area contributed by atoms with E-state index in [-0.39, 0.29) is 11.2 Å². The molecule has 44 valence electrons. The molecule has 1 unspecified atom stereocenters. The summed E-state index contributed by atoms with van der Waals surface area (Å²) < 4.78 is 4.81. The highest BCUT2D eigenvalue weighted by Gasteiger charge is 2.16. The lowest BCUT2D eigenvalue weighted by atomic mass is 10.3. The van der Waals surface area contributed by atoms with Crippen LogP contribution in [0.15, 0.2) is 12.3 Å². The van der Waals surface area contributed by atoms with E-state index in [1.165, 1.54) is 6.26 Å². The van der Waals surface area contributed by atoms with Gasteiger partial charge in [-0.15, -0.1) is 12.6 Å². The number of hydrogen-bond acceptors (Lipinski definition) is 2. The van der Waals surface area contributed by atoms with Gasteiger partial charge in [0, 0.05) is 6.42 Å². The average Bonchev–Trinajstić information content (AvgIpc) is 2.12. The Hall–Kier alpha value is -0.440. The molecular weight excluding hydrogens is 124 g/mol. The molecule has 8 heavy (non-hydrogen) atoms. The predicted octanol–water partition coefficient (Wildman–Crippen LogP) is 0.745. The minimum absolute atomic E-state index is 0.199. The third-order valence-corrected chi connectivity index (χ3v) is 1.25. The van der Waals surface area contributed by atoms with Gasteiger partial charge in [0.1, 0.15) is 0 Å².